The van der Waals surface area contributed by atoms with Gasteiger partial charge in [0.1, 0.15) is 11.4 Å². The fourth-order valence-electron chi connectivity index (χ4n) is 3.92. The van der Waals surface area contributed by atoms with Crippen LogP contribution in [-0.2, 0) is 11.3 Å². The fraction of sp³-hybridized carbons (Fsp3) is 0.333. The van der Waals surface area contributed by atoms with Crippen molar-refractivity contribution in [3.8, 4) is 11.4 Å². The number of benzene rings is 1. The lowest BCUT2D eigenvalue weighted by Crippen LogP contribution is -2.36. The second-order valence-corrected chi connectivity index (χ2v) is 8.66. The van der Waals surface area contributed by atoms with E-state index in [1.165, 1.54) is 15.9 Å². The highest BCUT2D eigenvalue weighted by Crippen LogP contribution is 2.32. The summed E-state index contributed by atoms with van der Waals surface area (Å²) in [4.78, 5) is 34.5. The standard InChI is InChI=1S/C21H21N5O2S/c1-13-14(2)29-20-17(13)19-22-18(15-8-4-3-5-9-15)23-26(19)21(28)25(20)12-16(27)24-10-6-7-11-24/h3-5,8-9H,6-7,10-12H2,1-2H3. The molecule has 1 aromatic carbocycles. The van der Waals surface area contributed by atoms with Crippen molar-refractivity contribution in [2.24, 2.45) is 0 Å². The average molecular weight is 407 g/mol. The van der Waals surface area contributed by atoms with Gasteiger partial charge >= 0.3 is 5.69 Å². The van der Waals surface area contributed by atoms with Gasteiger partial charge in [0.05, 0.1) is 5.39 Å². The van der Waals surface area contributed by atoms with Crippen LogP contribution in [0, 0.1) is 13.8 Å². The Hall–Kier alpha value is -3.00. The zero-order valence-electron chi connectivity index (χ0n) is 16.4. The summed E-state index contributed by atoms with van der Waals surface area (Å²) in [5.41, 5.74) is 2.16. The van der Waals surface area contributed by atoms with Crippen LogP contribution < -0.4 is 5.69 Å². The third kappa shape index (κ3) is 2.86. The van der Waals surface area contributed by atoms with Crippen LogP contribution in [0.1, 0.15) is 23.3 Å². The summed E-state index contributed by atoms with van der Waals surface area (Å²) < 4.78 is 2.91. The van der Waals surface area contributed by atoms with Crippen LogP contribution in [0.5, 0.6) is 0 Å². The van der Waals surface area contributed by atoms with Gasteiger partial charge in [0.15, 0.2) is 11.5 Å². The molecule has 0 N–H and O–H groups in total. The topological polar surface area (TPSA) is 72.5 Å². The molecule has 0 bridgehead atoms. The lowest BCUT2D eigenvalue weighted by Gasteiger charge is -2.16. The quantitative estimate of drug-likeness (QED) is 0.523. The Labute approximate surface area is 171 Å². The van der Waals surface area contributed by atoms with E-state index >= 15 is 0 Å². The third-order valence-electron chi connectivity index (χ3n) is 5.64. The molecule has 1 fully saturated rings. The number of hydrogen-bond acceptors (Lipinski definition) is 5. The molecular weight excluding hydrogens is 386 g/mol. The zero-order valence-corrected chi connectivity index (χ0v) is 17.2. The number of hydrogen-bond donors (Lipinski definition) is 0. The van der Waals surface area contributed by atoms with E-state index in [1.54, 1.807) is 4.57 Å². The monoisotopic (exact) mass is 407 g/mol. The molecule has 0 aliphatic carbocycles. The van der Waals surface area contributed by atoms with E-state index in [9.17, 15) is 9.59 Å². The number of aromatic nitrogens is 4. The maximum atomic E-state index is 13.3. The van der Waals surface area contributed by atoms with Crippen LogP contribution in [0.2, 0.25) is 0 Å². The molecule has 0 radical (unpaired) electrons. The molecule has 0 saturated carbocycles. The van der Waals surface area contributed by atoms with Gasteiger partial charge in [-0.15, -0.1) is 16.4 Å². The Morgan fingerprint density at radius 1 is 1.14 bits per heavy atom. The summed E-state index contributed by atoms with van der Waals surface area (Å²) in [6.45, 7) is 5.63. The molecule has 5 rings (SSSR count). The summed E-state index contributed by atoms with van der Waals surface area (Å²) in [6.07, 6.45) is 2.05. The summed E-state index contributed by atoms with van der Waals surface area (Å²) in [6, 6.07) is 9.62. The predicted octanol–water partition coefficient (Wildman–Crippen LogP) is 3.01. The number of rotatable bonds is 3. The third-order valence-corrected chi connectivity index (χ3v) is 6.87. The molecule has 4 aromatic rings. The number of likely N-dealkylation sites (tertiary alicyclic amines) is 1. The summed E-state index contributed by atoms with van der Waals surface area (Å²) in [7, 11) is 0. The number of thiophene rings is 1. The van der Waals surface area contributed by atoms with E-state index < -0.39 is 0 Å². The van der Waals surface area contributed by atoms with Crippen LogP contribution in [0.15, 0.2) is 35.1 Å². The zero-order chi connectivity index (χ0) is 20.1. The van der Waals surface area contributed by atoms with Gasteiger partial charge in [0.25, 0.3) is 0 Å². The molecule has 8 heteroatoms. The van der Waals surface area contributed by atoms with Gasteiger partial charge in [-0.3, -0.25) is 9.36 Å². The lowest BCUT2D eigenvalue weighted by molar-refractivity contribution is -0.130. The van der Waals surface area contributed by atoms with Gasteiger partial charge in [0, 0.05) is 23.5 Å². The first-order valence-corrected chi connectivity index (χ1v) is 10.6. The maximum absolute atomic E-state index is 13.3. The first kappa shape index (κ1) is 18.1. The number of amides is 1. The Morgan fingerprint density at radius 2 is 1.86 bits per heavy atom. The lowest BCUT2D eigenvalue weighted by atomic mass is 10.2. The van der Waals surface area contributed by atoms with Gasteiger partial charge in [-0.1, -0.05) is 30.3 Å². The number of fused-ring (bicyclic) bond motifs is 3. The molecule has 0 atom stereocenters. The molecule has 1 amide bonds. The minimum atomic E-state index is -0.323. The van der Waals surface area contributed by atoms with Gasteiger partial charge in [0.2, 0.25) is 5.91 Å². The molecule has 1 aliphatic rings. The van der Waals surface area contributed by atoms with Crippen molar-refractivity contribution in [3.05, 3.63) is 51.3 Å². The highest BCUT2D eigenvalue weighted by molar-refractivity contribution is 7.19. The van der Waals surface area contributed by atoms with E-state index in [1.807, 2.05) is 49.1 Å². The summed E-state index contributed by atoms with van der Waals surface area (Å²) in [5.74, 6) is 0.494. The molecule has 0 unspecified atom stereocenters. The number of carbonyl (C=O) groups excluding carboxylic acids is 1. The molecule has 1 saturated heterocycles. The van der Waals surface area contributed by atoms with Gasteiger partial charge in [-0.05, 0) is 32.3 Å². The Bertz CT molecular complexity index is 1300. The molecule has 1 aliphatic heterocycles. The molecule has 29 heavy (non-hydrogen) atoms. The van der Waals surface area contributed by atoms with Crippen molar-refractivity contribution >= 4 is 33.1 Å². The van der Waals surface area contributed by atoms with E-state index in [0.29, 0.717) is 11.5 Å². The normalized spacial score (nSPS) is 14.3. The first-order valence-electron chi connectivity index (χ1n) is 9.77. The van der Waals surface area contributed by atoms with E-state index in [0.717, 1.165) is 52.2 Å². The van der Waals surface area contributed by atoms with Crippen LogP contribution in [0.3, 0.4) is 0 Å². The average Bonchev–Trinajstić information content (AvgIpc) is 3.46. The summed E-state index contributed by atoms with van der Waals surface area (Å²) in [5, 5.41) is 5.40. The Balaban J connectivity index is 1.74. The fourth-order valence-corrected chi connectivity index (χ4v) is 5.07. The highest BCUT2D eigenvalue weighted by atomic mass is 32.1. The number of carbonyl (C=O) groups is 1. The maximum Gasteiger partial charge on any atom is 0.352 e. The molecule has 7 nitrogen and oxygen atoms in total. The molecule has 4 heterocycles. The van der Waals surface area contributed by atoms with Crippen molar-refractivity contribution in [1.82, 2.24) is 24.1 Å². The van der Waals surface area contributed by atoms with Gasteiger partial charge in [-0.2, -0.15) is 4.52 Å². The summed E-state index contributed by atoms with van der Waals surface area (Å²) >= 11 is 1.54. The predicted molar refractivity (Wildman–Crippen MR) is 113 cm³/mol. The minimum absolute atomic E-state index is 0.0163. The van der Waals surface area contributed by atoms with Crippen molar-refractivity contribution in [2.75, 3.05) is 13.1 Å². The molecule has 148 valence electrons. The number of nitrogens with zero attached hydrogens (tertiary/aromatic N) is 5. The first-order chi connectivity index (χ1) is 14.0. The van der Waals surface area contributed by atoms with E-state index in [-0.39, 0.29) is 18.1 Å². The van der Waals surface area contributed by atoms with Gasteiger partial charge < -0.3 is 4.90 Å². The Morgan fingerprint density at radius 3 is 2.59 bits per heavy atom. The molecule has 0 spiro atoms. The molecule has 3 aromatic heterocycles. The van der Waals surface area contributed by atoms with Crippen LogP contribution in [0.25, 0.3) is 27.3 Å². The van der Waals surface area contributed by atoms with E-state index in [2.05, 4.69) is 5.10 Å². The minimum Gasteiger partial charge on any atom is -0.341 e. The van der Waals surface area contributed by atoms with Crippen LogP contribution >= 0.6 is 11.3 Å². The van der Waals surface area contributed by atoms with Crippen molar-refractivity contribution in [1.29, 1.82) is 0 Å². The number of aryl methyl sites for hydroxylation is 2. The van der Waals surface area contributed by atoms with Crippen LogP contribution in [-0.4, -0.2) is 43.1 Å². The smallest absolute Gasteiger partial charge is 0.341 e. The van der Waals surface area contributed by atoms with Crippen LogP contribution in [0.4, 0.5) is 0 Å². The Kier molecular flexibility index (Phi) is 4.24. The van der Waals surface area contributed by atoms with E-state index in [4.69, 9.17) is 4.98 Å². The van der Waals surface area contributed by atoms with Gasteiger partial charge in [-0.25, -0.2) is 9.78 Å². The SMILES string of the molecule is Cc1sc2c(c1C)c1nc(-c3ccccc3)nn1c(=O)n2CC(=O)N1CCCC1. The van der Waals surface area contributed by atoms with Crippen molar-refractivity contribution < 1.29 is 4.79 Å². The highest BCUT2D eigenvalue weighted by Gasteiger charge is 2.24. The largest absolute Gasteiger partial charge is 0.352 e. The van der Waals surface area contributed by atoms with Crippen molar-refractivity contribution in [2.45, 2.75) is 33.2 Å². The van der Waals surface area contributed by atoms with Crippen molar-refractivity contribution in [3.63, 3.8) is 0 Å². The molecular formula is C21H21N5O2S. The second kappa shape index (κ2) is 6.81. The second-order valence-electron chi connectivity index (χ2n) is 7.46.